The van der Waals surface area contributed by atoms with Crippen LogP contribution in [0.15, 0.2) is 109 Å². The van der Waals surface area contributed by atoms with Gasteiger partial charge in [0.05, 0.1) is 5.54 Å². The Morgan fingerprint density at radius 3 is 1.43 bits per heavy atom. The van der Waals surface area contributed by atoms with E-state index in [0.717, 1.165) is 6.42 Å². The first kappa shape index (κ1) is 38.7. The molecular weight excluding hydrogens is 737 g/mol. The average molecular weight is 800 g/mol. The van der Waals surface area contributed by atoms with E-state index in [-0.39, 0.29) is 33.9 Å². The second-order valence-electron chi connectivity index (χ2n) is 22.4. The van der Waals surface area contributed by atoms with Crippen molar-refractivity contribution in [1.29, 1.82) is 0 Å². The molecule has 6 aromatic carbocycles. The molecule has 61 heavy (non-hydrogen) atoms. The molecule has 0 saturated heterocycles. The summed E-state index contributed by atoms with van der Waals surface area (Å²) >= 11 is 0. The highest BCUT2D eigenvalue weighted by Crippen LogP contribution is 2.62. The highest BCUT2D eigenvalue weighted by atomic mass is 15.3. The number of hydrogen-bond donors (Lipinski definition) is 0. The minimum absolute atomic E-state index is 0.0477. The van der Waals surface area contributed by atoms with Gasteiger partial charge in [0.2, 0.25) is 0 Å². The van der Waals surface area contributed by atoms with E-state index in [1.807, 2.05) is 0 Å². The molecule has 0 N–H and O–H groups in total. The van der Waals surface area contributed by atoms with E-state index < -0.39 is 0 Å². The number of anilines is 8. The molecule has 1 saturated carbocycles. The van der Waals surface area contributed by atoms with Gasteiger partial charge in [-0.05, 0) is 154 Å². The molecule has 308 valence electrons. The number of benzene rings is 6. The van der Waals surface area contributed by atoms with Crippen molar-refractivity contribution in [2.45, 2.75) is 136 Å². The number of hydrogen-bond acceptors (Lipinski definition) is 3. The lowest BCUT2D eigenvalue weighted by molar-refractivity contribution is 0.195. The molecule has 2 unspecified atom stereocenters. The van der Waals surface area contributed by atoms with E-state index in [4.69, 9.17) is 0 Å². The van der Waals surface area contributed by atoms with Crippen LogP contribution in [0.2, 0.25) is 0 Å². The highest BCUT2D eigenvalue weighted by Gasteiger charge is 2.58. The predicted molar refractivity (Wildman–Crippen MR) is 262 cm³/mol. The molecule has 11 rings (SSSR count). The normalized spacial score (nSPS) is 21.6. The monoisotopic (exact) mass is 800 g/mol. The first-order chi connectivity index (χ1) is 28.8. The highest BCUT2D eigenvalue weighted by molar-refractivity contribution is 7.01. The maximum absolute atomic E-state index is 2.79. The van der Waals surface area contributed by atoms with Gasteiger partial charge in [0.1, 0.15) is 0 Å². The Bertz CT molecular complexity index is 2670. The lowest BCUT2D eigenvalue weighted by atomic mass is 9.28. The van der Waals surface area contributed by atoms with Crippen molar-refractivity contribution in [3.8, 4) is 0 Å². The third-order valence-electron chi connectivity index (χ3n) is 16.2. The molecule has 0 bridgehead atoms. The van der Waals surface area contributed by atoms with Crippen molar-refractivity contribution >= 4 is 68.6 Å². The minimum atomic E-state index is -0.194. The van der Waals surface area contributed by atoms with Gasteiger partial charge in [0, 0.05) is 56.3 Å². The van der Waals surface area contributed by atoms with Gasteiger partial charge in [0.25, 0.3) is 6.71 Å². The second-order valence-corrected chi connectivity index (χ2v) is 22.4. The molecule has 4 heterocycles. The Balaban J connectivity index is 1.28. The van der Waals surface area contributed by atoms with Crippen LogP contribution in [-0.4, -0.2) is 12.3 Å². The third kappa shape index (κ3) is 5.17. The van der Waals surface area contributed by atoms with Crippen molar-refractivity contribution in [3.63, 3.8) is 0 Å². The molecule has 4 aliphatic heterocycles. The summed E-state index contributed by atoms with van der Waals surface area (Å²) in [4.78, 5) is 8.10. The molecule has 6 aromatic rings. The van der Waals surface area contributed by atoms with Crippen LogP contribution in [-0.2, 0) is 21.7 Å². The van der Waals surface area contributed by atoms with Gasteiger partial charge in [-0.2, -0.15) is 0 Å². The van der Waals surface area contributed by atoms with Crippen LogP contribution in [0.3, 0.4) is 0 Å². The number of fused-ring (bicyclic) bond motifs is 3. The van der Waals surface area contributed by atoms with Gasteiger partial charge >= 0.3 is 0 Å². The van der Waals surface area contributed by atoms with Crippen LogP contribution in [0.1, 0.15) is 134 Å². The van der Waals surface area contributed by atoms with E-state index >= 15 is 0 Å². The molecular formula is C57H62BN3. The summed E-state index contributed by atoms with van der Waals surface area (Å²) in [5.74, 6) is 0. The van der Waals surface area contributed by atoms with E-state index in [2.05, 4.69) is 207 Å². The van der Waals surface area contributed by atoms with Crippen LogP contribution < -0.4 is 31.1 Å². The molecule has 4 heteroatoms. The summed E-state index contributed by atoms with van der Waals surface area (Å²) in [6.07, 6.45) is 4.88. The minimum Gasteiger partial charge on any atom is -0.334 e. The largest absolute Gasteiger partial charge is 0.334 e. The fourth-order valence-corrected chi connectivity index (χ4v) is 12.7. The summed E-state index contributed by atoms with van der Waals surface area (Å²) in [6.45, 7) is 28.7. The molecule has 1 aliphatic carbocycles. The van der Waals surface area contributed by atoms with Crippen LogP contribution in [0.4, 0.5) is 45.5 Å². The van der Waals surface area contributed by atoms with E-state index in [0.29, 0.717) is 0 Å². The maximum Gasteiger partial charge on any atom is 0.252 e. The van der Waals surface area contributed by atoms with Crippen LogP contribution in [0.5, 0.6) is 0 Å². The van der Waals surface area contributed by atoms with Crippen molar-refractivity contribution in [2.75, 3.05) is 14.7 Å². The fraction of sp³-hybridized carbons (Fsp3) is 0.368. The third-order valence-corrected chi connectivity index (χ3v) is 16.2. The molecule has 3 nitrogen and oxygen atoms in total. The Labute approximate surface area is 365 Å². The Hall–Kier alpha value is -5.22. The molecule has 2 atom stereocenters. The zero-order valence-electron chi connectivity index (χ0n) is 38.6. The summed E-state index contributed by atoms with van der Waals surface area (Å²) in [6, 6.07) is 43.6. The lowest BCUT2D eigenvalue weighted by Gasteiger charge is -2.52. The van der Waals surface area contributed by atoms with Crippen LogP contribution in [0, 0.1) is 13.8 Å². The number of aryl methyl sites for hydroxylation is 2. The van der Waals surface area contributed by atoms with Gasteiger partial charge in [-0.15, -0.1) is 0 Å². The zero-order chi connectivity index (χ0) is 42.8. The van der Waals surface area contributed by atoms with Crippen LogP contribution in [0.25, 0.3) is 0 Å². The molecule has 0 aromatic heterocycles. The predicted octanol–water partition coefficient (Wildman–Crippen LogP) is 13.4. The number of rotatable bonds is 3. The van der Waals surface area contributed by atoms with Crippen molar-refractivity contribution in [1.82, 2.24) is 0 Å². The maximum atomic E-state index is 2.79. The van der Waals surface area contributed by atoms with E-state index in [1.165, 1.54) is 120 Å². The Kier molecular flexibility index (Phi) is 7.90. The SMILES string of the molecule is Cc1cc2c3c(c1)C(C)(C)c1cc(C)cc4c1B3c1c(cc(N3c5ccccc5C5(C)CCCCC35C)cc1N4c1ccc(C(C)(C)C)cc1)N2c1ccc(C(C)(C)C)cc1. The molecule has 5 aliphatic rings. The van der Waals surface area contributed by atoms with Gasteiger partial charge in [-0.1, -0.05) is 130 Å². The molecule has 1 fully saturated rings. The van der Waals surface area contributed by atoms with E-state index in [1.54, 1.807) is 0 Å². The number of para-hydroxylation sites is 1. The Morgan fingerprint density at radius 1 is 0.475 bits per heavy atom. The summed E-state index contributed by atoms with van der Waals surface area (Å²) in [7, 11) is 0. The first-order valence-corrected chi connectivity index (χ1v) is 23.0. The molecule has 0 amide bonds. The van der Waals surface area contributed by atoms with Crippen LogP contribution >= 0.6 is 0 Å². The van der Waals surface area contributed by atoms with Gasteiger partial charge < -0.3 is 14.7 Å². The zero-order valence-corrected chi connectivity index (χ0v) is 38.6. The summed E-state index contributed by atoms with van der Waals surface area (Å²) in [5, 5.41) is 0. The summed E-state index contributed by atoms with van der Waals surface area (Å²) < 4.78 is 0. The second kappa shape index (κ2) is 12.5. The summed E-state index contributed by atoms with van der Waals surface area (Å²) in [5.41, 5.74) is 24.3. The van der Waals surface area contributed by atoms with Crippen molar-refractivity contribution in [2.24, 2.45) is 0 Å². The molecule has 0 spiro atoms. The Morgan fingerprint density at radius 2 is 0.934 bits per heavy atom. The first-order valence-electron chi connectivity index (χ1n) is 23.0. The van der Waals surface area contributed by atoms with Crippen molar-refractivity contribution in [3.05, 3.63) is 148 Å². The number of nitrogens with zero attached hydrogens (tertiary/aromatic N) is 3. The van der Waals surface area contributed by atoms with Gasteiger partial charge in [-0.25, -0.2) is 0 Å². The fourth-order valence-electron chi connectivity index (χ4n) is 12.7. The van der Waals surface area contributed by atoms with E-state index in [9.17, 15) is 0 Å². The smallest absolute Gasteiger partial charge is 0.252 e. The molecule has 0 radical (unpaired) electrons. The quantitative estimate of drug-likeness (QED) is 0.165. The van der Waals surface area contributed by atoms with Gasteiger partial charge in [0.15, 0.2) is 0 Å². The average Bonchev–Trinajstić information content (AvgIpc) is 3.42. The standard InChI is InChI=1S/C57H62BN3/c1-35-29-43-50-46(31-35)59(39-23-19-37(20-24-39)53(3,4)5)48-33-41(61-45-18-14-13-17-42(45)56(11)27-15-16-28-57(56,61)12)34-49-52(48)58(50)51-44(55(43,9)10)30-36(2)32-47(51)60(49)40-25-21-38(22-26-40)54(6,7)8/h13-14,17-26,29-34H,15-16,27-28H2,1-12H3. The van der Waals surface area contributed by atoms with Gasteiger partial charge in [-0.3, -0.25) is 0 Å². The topological polar surface area (TPSA) is 9.72 Å². The lowest BCUT2D eigenvalue weighted by Crippen LogP contribution is -2.67. The van der Waals surface area contributed by atoms with Crippen molar-refractivity contribution < 1.29 is 0 Å².